The van der Waals surface area contributed by atoms with Gasteiger partial charge in [-0.1, -0.05) is 11.6 Å². The maximum absolute atomic E-state index is 13.3. The van der Waals surface area contributed by atoms with Crippen molar-refractivity contribution in [2.45, 2.75) is 6.42 Å². The number of nitro groups is 1. The van der Waals surface area contributed by atoms with Crippen LogP contribution >= 0.6 is 11.6 Å². The van der Waals surface area contributed by atoms with Gasteiger partial charge in [0, 0.05) is 25.6 Å². The lowest BCUT2D eigenvalue weighted by molar-refractivity contribution is -0.384. The van der Waals surface area contributed by atoms with E-state index in [1.54, 1.807) is 4.90 Å². The van der Waals surface area contributed by atoms with Gasteiger partial charge in [0.2, 0.25) is 0 Å². The molecule has 0 radical (unpaired) electrons. The third-order valence-corrected chi connectivity index (χ3v) is 3.39. The van der Waals surface area contributed by atoms with Crippen molar-refractivity contribution in [1.82, 2.24) is 0 Å². The smallest absolute Gasteiger partial charge is 0.295 e. The molecule has 0 aromatic heterocycles. The van der Waals surface area contributed by atoms with Gasteiger partial charge in [-0.2, -0.15) is 0 Å². The Balaban J connectivity index is 2.37. The van der Waals surface area contributed by atoms with Crippen molar-refractivity contribution in [3.05, 3.63) is 33.1 Å². The van der Waals surface area contributed by atoms with Crippen LogP contribution in [0.25, 0.3) is 0 Å². The molecule has 98 valence electrons. The van der Waals surface area contributed by atoms with Crippen LogP contribution < -0.4 is 4.90 Å². The molecule has 1 atom stereocenters. The SMILES string of the molecule is O=[N+]([O-])c1cc(F)c(Cl)cc1N1CCC(CO)C1. The van der Waals surface area contributed by atoms with Gasteiger partial charge in [-0.15, -0.1) is 0 Å². The highest BCUT2D eigenvalue weighted by molar-refractivity contribution is 6.31. The molecule has 1 aliphatic heterocycles. The second-order valence-electron chi connectivity index (χ2n) is 4.30. The summed E-state index contributed by atoms with van der Waals surface area (Å²) in [7, 11) is 0. The molecule has 1 aromatic rings. The summed E-state index contributed by atoms with van der Waals surface area (Å²) in [6.45, 7) is 1.15. The lowest BCUT2D eigenvalue weighted by Gasteiger charge is -2.18. The largest absolute Gasteiger partial charge is 0.396 e. The molecular weight excluding hydrogens is 263 g/mol. The first-order chi connectivity index (χ1) is 8.52. The van der Waals surface area contributed by atoms with E-state index >= 15 is 0 Å². The fourth-order valence-corrected chi connectivity index (χ4v) is 2.28. The van der Waals surface area contributed by atoms with Gasteiger partial charge in [0.25, 0.3) is 5.69 Å². The van der Waals surface area contributed by atoms with Crippen LogP contribution in [0.3, 0.4) is 0 Å². The van der Waals surface area contributed by atoms with E-state index in [1.165, 1.54) is 6.07 Å². The molecule has 0 saturated carbocycles. The Kier molecular flexibility index (Phi) is 3.68. The first-order valence-corrected chi connectivity index (χ1v) is 5.90. The molecule has 2 rings (SSSR count). The van der Waals surface area contributed by atoms with Crippen molar-refractivity contribution < 1.29 is 14.4 Å². The lowest BCUT2D eigenvalue weighted by atomic mass is 10.1. The number of aliphatic hydroxyl groups is 1. The van der Waals surface area contributed by atoms with Gasteiger partial charge in [-0.05, 0) is 12.5 Å². The fraction of sp³-hybridized carbons (Fsp3) is 0.455. The van der Waals surface area contributed by atoms with Crippen LogP contribution in [0.15, 0.2) is 12.1 Å². The van der Waals surface area contributed by atoms with Crippen LogP contribution in [-0.4, -0.2) is 29.7 Å². The standard InChI is InChI=1S/C11H12ClFN2O3/c12-8-3-10(11(15(17)18)4-9(8)13)14-2-1-7(5-14)6-16/h3-4,7,16H,1-2,5-6H2. The Morgan fingerprint density at radius 2 is 2.33 bits per heavy atom. The second-order valence-corrected chi connectivity index (χ2v) is 4.70. The zero-order valence-electron chi connectivity index (χ0n) is 9.47. The highest BCUT2D eigenvalue weighted by Crippen LogP contribution is 2.35. The number of hydrogen-bond acceptors (Lipinski definition) is 4. The average molecular weight is 275 g/mol. The van der Waals surface area contributed by atoms with Crippen LogP contribution in [-0.2, 0) is 0 Å². The molecular formula is C11H12ClFN2O3. The summed E-state index contributed by atoms with van der Waals surface area (Å²) in [5, 5.41) is 19.8. The van der Waals surface area contributed by atoms with Gasteiger partial charge in [0.05, 0.1) is 16.0 Å². The number of nitro benzene ring substituents is 1. The van der Waals surface area contributed by atoms with Crippen LogP contribution in [0, 0.1) is 21.8 Å². The Morgan fingerprint density at radius 3 is 2.89 bits per heavy atom. The van der Waals surface area contributed by atoms with Gasteiger partial charge in [-0.25, -0.2) is 4.39 Å². The van der Waals surface area contributed by atoms with Crippen LogP contribution in [0.1, 0.15) is 6.42 Å². The van der Waals surface area contributed by atoms with E-state index in [2.05, 4.69) is 0 Å². The first kappa shape index (κ1) is 13.0. The lowest BCUT2D eigenvalue weighted by Crippen LogP contribution is -2.21. The van der Waals surface area contributed by atoms with Crippen molar-refractivity contribution in [3.8, 4) is 0 Å². The Morgan fingerprint density at radius 1 is 1.61 bits per heavy atom. The normalized spacial score (nSPS) is 19.3. The minimum absolute atomic E-state index is 0.0409. The van der Waals surface area contributed by atoms with Crippen LogP contribution in [0.5, 0.6) is 0 Å². The molecule has 1 fully saturated rings. The zero-order valence-corrected chi connectivity index (χ0v) is 10.2. The Labute approximate surface area is 108 Å². The number of hydrogen-bond donors (Lipinski definition) is 1. The Hall–Kier alpha value is -1.40. The highest BCUT2D eigenvalue weighted by atomic mass is 35.5. The number of nitrogens with zero attached hydrogens (tertiary/aromatic N) is 2. The van der Waals surface area contributed by atoms with Gasteiger partial charge < -0.3 is 10.0 Å². The molecule has 5 nitrogen and oxygen atoms in total. The minimum atomic E-state index is -0.801. The third kappa shape index (κ3) is 2.39. The minimum Gasteiger partial charge on any atom is -0.396 e. The molecule has 0 amide bonds. The van der Waals surface area contributed by atoms with Gasteiger partial charge in [-0.3, -0.25) is 10.1 Å². The van der Waals surface area contributed by atoms with Crippen molar-refractivity contribution in [3.63, 3.8) is 0 Å². The number of benzene rings is 1. The van der Waals surface area contributed by atoms with E-state index in [0.717, 1.165) is 12.5 Å². The zero-order chi connectivity index (χ0) is 13.3. The predicted octanol–water partition coefficient (Wildman–Crippen LogP) is 2.21. The summed E-state index contributed by atoms with van der Waals surface area (Å²) in [4.78, 5) is 12.0. The summed E-state index contributed by atoms with van der Waals surface area (Å²) in [6.07, 6.45) is 0.753. The number of rotatable bonds is 3. The van der Waals surface area contributed by atoms with E-state index in [1.807, 2.05) is 0 Å². The van der Waals surface area contributed by atoms with E-state index in [4.69, 9.17) is 16.7 Å². The molecule has 18 heavy (non-hydrogen) atoms. The van der Waals surface area contributed by atoms with Crippen molar-refractivity contribution >= 4 is 23.0 Å². The highest BCUT2D eigenvalue weighted by Gasteiger charge is 2.28. The van der Waals surface area contributed by atoms with E-state index in [9.17, 15) is 14.5 Å². The maximum Gasteiger partial charge on any atom is 0.295 e. The maximum atomic E-state index is 13.3. The van der Waals surface area contributed by atoms with Crippen LogP contribution in [0.2, 0.25) is 5.02 Å². The quantitative estimate of drug-likeness (QED) is 0.678. The fourth-order valence-electron chi connectivity index (χ4n) is 2.13. The van der Waals surface area contributed by atoms with Crippen LogP contribution in [0.4, 0.5) is 15.8 Å². The predicted molar refractivity (Wildman–Crippen MR) is 65.5 cm³/mol. The average Bonchev–Trinajstić information content (AvgIpc) is 2.80. The summed E-state index contributed by atoms with van der Waals surface area (Å²) in [6, 6.07) is 2.11. The summed E-state index contributed by atoms with van der Waals surface area (Å²) in [5.41, 5.74) is 0.0119. The topological polar surface area (TPSA) is 66.6 Å². The Bertz CT molecular complexity index is 484. The molecule has 1 N–H and O–H groups in total. The summed E-state index contributed by atoms with van der Waals surface area (Å²) < 4.78 is 13.3. The number of halogens is 2. The molecule has 1 aromatic carbocycles. The first-order valence-electron chi connectivity index (χ1n) is 5.52. The van der Waals surface area contributed by atoms with Crippen molar-refractivity contribution in [2.75, 3.05) is 24.6 Å². The molecule has 1 unspecified atom stereocenters. The molecule has 0 spiro atoms. The van der Waals surface area contributed by atoms with E-state index in [-0.39, 0.29) is 23.2 Å². The van der Waals surface area contributed by atoms with Gasteiger partial charge in [0.1, 0.15) is 11.5 Å². The summed E-state index contributed by atoms with van der Waals surface area (Å²) in [5.74, 6) is -0.710. The van der Waals surface area contributed by atoms with E-state index < -0.39 is 10.7 Å². The molecule has 7 heteroatoms. The summed E-state index contributed by atoms with van der Waals surface area (Å²) >= 11 is 5.67. The number of aliphatic hydroxyl groups excluding tert-OH is 1. The number of anilines is 1. The molecule has 0 aliphatic carbocycles. The van der Waals surface area contributed by atoms with Crippen molar-refractivity contribution in [1.29, 1.82) is 0 Å². The van der Waals surface area contributed by atoms with Gasteiger partial charge in [0.15, 0.2) is 0 Å². The molecule has 1 saturated heterocycles. The third-order valence-electron chi connectivity index (χ3n) is 3.10. The van der Waals surface area contributed by atoms with Crippen molar-refractivity contribution in [2.24, 2.45) is 5.92 Å². The molecule has 1 aliphatic rings. The monoisotopic (exact) mass is 274 g/mol. The molecule has 0 bridgehead atoms. The van der Waals surface area contributed by atoms with Gasteiger partial charge >= 0.3 is 0 Å². The molecule has 1 heterocycles. The second kappa shape index (κ2) is 5.07. The van der Waals surface area contributed by atoms with E-state index in [0.29, 0.717) is 18.8 Å².